The summed E-state index contributed by atoms with van der Waals surface area (Å²) in [7, 11) is 0. The number of fused-ring (bicyclic) bond motifs is 1. The van der Waals surface area contributed by atoms with Gasteiger partial charge >= 0.3 is 5.97 Å². The molecule has 0 unspecified atom stereocenters. The summed E-state index contributed by atoms with van der Waals surface area (Å²) < 4.78 is 0. The summed E-state index contributed by atoms with van der Waals surface area (Å²) in [5, 5.41) is 18.7. The predicted octanol–water partition coefficient (Wildman–Crippen LogP) is 3.24. The Morgan fingerprint density at radius 1 is 1.29 bits per heavy atom. The monoisotopic (exact) mass is 375 g/mol. The van der Waals surface area contributed by atoms with Crippen molar-refractivity contribution in [1.82, 2.24) is 0 Å². The van der Waals surface area contributed by atoms with E-state index in [0.29, 0.717) is 22.5 Å². The SMILES string of the molecule is CC[C@H](C)[C@@H]1N=C(c2ccccc2)c2cc(C#N)ccc2N(CC(=O)O)C1=O. The van der Waals surface area contributed by atoms with E-state index >= 15 is 0 Å². The number of rotatable bonds is 5. The number of hydrogen-bond donors (Lipinski definition) is 1. The van der Waals surface area contributed by atoms with Gasteiger partial charge in [0, 0.05) is 11.1 Å². The van der Waals surface area contributed by atoms with Crippen LogP contribution in [0.3, 0.4) is 0 Å². The Morgan fingerprint density at radius 2 is 2.00 bits per heavy atom. The van der Waals surface area contributed by atoms with Gasteiger partial charge in [0.25, 0.3) is 5.91 Å². The first-order chi connectivity index (χ1) is 13.5. The quantitative estimate of drug-likeness (QED) is 0.868. The first-order valence-corrected chi connectivity index (χ1v) is 9.17. The number of carbonyl (C=O) groups is 2. The zero-order valence-electron chi connectivity index (χ0n) is 15.8. The van der Waals surface area contributed by atoms with E-state index in [-0.39, 0.29) is 11.8 Å². The van der Waals surface area contributed by atoms with Crippen LogP contribution in [0.15, 0.2) is 53.5 Å². The summed E-state index contributed by atoms with van der Waals surface area (Å²) in [5.41, 5.74) is 2.88. The highest BCUT2D eigenvalue weighted by Crippen LogP contribution is 2.31. The number of carboxylic acid groups (broad SMARTS) is 1. The van der Waals surface area contributed by atoms with Crippen LogP contribution in [0.4, 0.5) is 5.69 Å². The Morgan fingerprint density at radius 3 is 2.61 bits per heavy atom. The van der Waals surface area contributed by atoms with Crippen molar-refractivity contribution >= 4 is 23.3 Å². The molecule has 2 atom stereocenters. The molecule has 6 heteroatoms. The summed E-state index contributed by atoms with van der Waals surface area (Å²) in [6, 6.07) is 15.7. The summed E-state index contributed by atoms with van der Waals surface area (Å²) in [6.07, 6.45) is 0.725. The number of benzene rings is 2. The molecule has 0 saturated heterocycles. The third kappa shape index (κ3) is 3.65. The van der Waals surface area contributed by atoms with E-state index in [1.807, 2.05) is 44.2 Å². The van der Waals surface area contributed by atoms with Crippen molar-refractivity contribution < 1.29 is 14.7 Å². The molecule has 28 heavy (non-hydrogen) atoms. The van der Waals surface area contributed by atoms with Gasteiger partial charge in [0.05, 0.1) is 23.0 Å². The molecule has 1 aliphatic heterocycles. The number of hydrogen-bond acceptors (Lipinski definition) is 4. The van der Waals surface area contributed by atoms with Gasteiger partial charge in [0.15, 0.2) is 0 Å². The Hall–Kier alpha value is -3.46. The first-order valence-electron chi connectivity index (χ1n) is 9.17. The number of aliphatic imine (C=N–C) groups is 1. The van der Waals surface area contributed by atoms with Crippen molar-refractivity contribution in [3.63, 3.8) is 0 Å². The molecule has 0 aliphatic carbocycles. The van der Waals surface area contributed by atoms with Crippen molar-refractivity contribution in [3.05, 3.63) is 65.2 Å². The van der Waals surface area contributed by atoms with E-state index in [1.54, 1.807) is 18.2 Å². The van der Waals surface area contributed by atoms with Gasteiger partial charge in [-0.15, -0.1) is 0 Å². The molecule has 0 spiro atoms. The third-order valence-electron chi connectivity index (χ3n) is 4.98. The minimum atomic E-state index is -1.10. The van der Waals surface area contributed by atoms with Gasteiger partial charge in [-0.25, -0.2) is 0 Å². The Kier molecular flexibility index (Phi) is 5.55. The summed E-state index contributed by atoms with van der Waals surface area (Å²) in [5.74, 6) is -1.50. The van der Waals surface area contributed by atoms with Crippen LogP contribution in [0.5, 0.6) is 0 Å². The maximum atomic E-state index is 13.3. The Balaban J connectivity index is 2.30. The molecule has 0 radical (unpaired) electrons. The number of anilines is 1. The molecule has 1 N–H and O–H groups in total. The smallest absolute Gasteiger partial charge is 0.323 e. The molecule has 3 rings (SSSR count). The van der Waals surface area contributed by atoms with Gasteiger partial charge in [-0.1, -0.05) is 50.6 Å². The van der Waals surface area contributed by atoms with Gasteiger partial charge in [0.1, 0.15) is 12.6 Å². The normalized spacial score (nSPS) is 17.2. The average Bonchev–Trinajstić information content (AvgIpc) is 2.82. The largest absolute Gasteiger partial charge is 0.480 e. The molecule has 2 aromatic carbocycles. The molecule has 0 bridgehead atoms. The second-order valence-corrected chi connectivity index (χ2v) is 6.84. The molecule has 6 nitrogen and oxygen atoms in total. The fraction of sp³-hybridized carbons (Fsp3) is 0.273. The maximum absolute atomic E-state index is 13.3. The molecule has 0 saturated carbocycles. The van der Waals surface area contributed by atoms with Crippen LogP contribution in [0.25, 0.3) is 0 Å². The molecular weight excluding hydrogens is 354 g/mol. The van der Waals surface area contributed by atoms with E-state index in [2.05, 4.69) is 6.07 Å². The fourth-order valence-corrected chi connectivity index (χ4v) is 3.29. The highest BCUT2D eigenvalue weighted by atomic mass is 16.4. The van der Waals surface area contributed by atoms with Gasteiger partial charge in [-0.2, -0.15) is 5.26 Å². The highest BCUT2D eigenvalue weighted by Gasteiger charge is 2.35. The summed E-state index contributed by atoms with van der Waals surface area (Å²) >= 11 is 0. The van der Waals surface area contributed by atoms with E-state index < -0.39 is 18.6 Å². The molecular formula is C22H21N3O3. The van der Waals surface area contributed by atoms with E-state index in [9.17, 15) is 20.0 Å². The molecule has 0 fully saturated rings. The standard InChI is InChI=1S/C22H21N3O3/c1-3-14(2)20-22(28)25(13-19(26)27)18-10-9-15(12-23)11-17(18)21(24-20)16-7-5-4-6-8-16/h4-11,14,20H,3,13H2,1-2H3,(H,26,27)/t14-,20-/m0/s1. The second kappa shape index (κ2) is 8.05. The van der Waals surface area contributed by atoms with Crippen LogP contribution in [0.1, 0.15) is 37.0 Å². The van der Waals surface area contributed by atoms with Gasteiger partial charge in [-0.05, 0) is 24.1 Å². The Bertz CT molecular complexity index is 976. The molecule has 1 heterocycles. The lowest BCUT2D eigenvalue weighted by molar-refractivity contribution is -0.136. The van der Waals surface area contributed by atoms with E-state index in [4.69, 9.17) is 4.99 Å². The third-order valence-corrected chi connectivity index (χ3v) is 4.98. The molecule has 1 amide bonds. The number of amides is 1. The van der Waals surface area contributed by atoms with Crippen molar-refractivity contribution in [3.8, 4) is 6.07 Å². The first kappa shape index (κ1) is 19.3. The zero-order chi connectivity index (χ0) is 20.3. The highest BCUT2D eigenvalue weighted by molar-refractivity contribution is 6.20. The summed E-state index contributed by atoms with van der Waals surface area (Å²) in [6.45, 7) is 3.45. The number of carbonyl (C=O) groups excluding carboxylic acids is 1. The predicted molar refractivity (Wildman–Crippen MR) is 106 cm³/mol. The minimum Gasteiger partial charge on any atom is -0.480 e. The number of carboxylic acids is 1. The lowest BCUT2D eigenvalue weighted by Crippen LogP contribution is -2.43. The fourth-order valence-electron chi connectivity index (χ4n) is 3.29. The van der Waals surface area contributed by atoms with E-state index in [1.165, 1.54) is 4.90 Å². The number of aliphatic carboxylic acids is 1. The lowest BCUT2D eigenvalue weighted by atomic mass is 9.97. The number of benzodiazepines with no additional fused rings is 1. The number of nitriles is 1. The van der Waals surface area contributed by atoms with Crippen LogP contribution in [0, 0.1) is 17.2 Å². The van der Waals surface area contributed by atoms with Crippen LogP contribution in [-0.2, 0) is 9.59 Å². The second-order valence-electron chi connectivity index (χ2n) is 6.84. The van der Waals surface area contributed by atoms with Gasteiger partial charge in [0.2, 0.25) is 0 Å². The van der Waals surface area contributed by atoms with Crippen molar-refractivity contribution in [2.75, 3.05) is 11.4 Å². The zero-order valence-corrected chi connectivity index (χ0v) is 15.8. The van der Waals surface area contributed by atoms with E-state index in [0.717, 1.165) is 12.0 Å². The van der Waals surface area contributed by atoms with Gasteiger partial charge in [-0.3, -0.25) is 19.5 Å². The van der Waals surface area contributed by atoms with Crippen LogP contribution in [0.2, 0.25) is 0 Å². The number of nitrogens with zero attached hydrogens (tertiary/aromatic N) is 3. The van der Waals surface area contributed by atoms with Crippen LogP contribution in [-0.4, -0.2) is 35.3 Å². The van der Waals surface area contributed by atoms with Crippen molar-refractivity contribution in [1.29, 1.82) is 5.26 Å². The van der Waals surface area contributed by atoms with Gasteiger partial charge < -0.3 is 5.11 Å². The van der Waals surface area contributed by atoms with Crippen molar-refractivity contribution in [2.24, 2.45) is 10.9 Å². The summed E-state index contributed by atoms with van der Waals surface area (Å²) in [4.78, 5) is 30.8. The molecule has 0 aromatic heterocycles. The van der Waals surface area contributed by atoms with Crippen LogP contribution < -0.4 is 4.90 Å². The maximum Gasteiger partial charge on any atom is 0.323 e. The van der Waals surface area contributed by atoms with Crippen molar-refractivity contribution in [2.45, 2.75) is 26.3 Å². The average molecular weight is 375 g/mol. The lowest BCUT2D eigenvalue weighted by Gasteiger charge is -2.25. The molecule has 142 valence electrons. The molecule has 2 aromatic rings. The minimum absolute atomic E-state index is 0.0627. The van der Waals surface area contributed by atoms with Crippen LogP contribution >= 0.6 is 0 Å². The Labute approximate surface area is 163 Å². The molecule has 1 aliphatic rings. The topological polar surface area (TPSA) is 93.8 Å².